The minimum atomic E-state index is -0.645. The van der Waals surface area contributed by atoms with Crippen molar-refractivity contribution in [3.05, 3.63) is 12.2 Å². The van der Waals surface area contributed by atoms with Crippen LogP contribution in [0.5, 0.6) is 0 Å². The number of carbonyl (C=O) groups is 1. The van der Waals surface area contributed by atoms with Gasteiger partial charge in [0.05, 0.1) is 0 Å². The summed E-state index contributed by atoms with van der Waals surface area (Å²) in [6.07, 6.45) is 5.96. The van der Waals surface area contributed by atoms with Crippen LogP contribution in [-0.4, -0.2) is 40.7 Å². The Bertz CT molecular complexity index is 304. The lowest BCUT2D eigenvalue weighted by molar-refractivity contribution is -0.137. The first-order valence-electron chi connectivity index (χ1n) is 5.08. The van der Waals surface area contributed by atoms with Crippen molar-refractivity contribution >= 4 is 24.1 Å². The number of hydrogen-bond acceptors (Lipinski definition) is 4. The Balaban J connectivity index is 1.84. The van der Waals surface area contributed by atoms with Gasteiger partial charge in [0.2, 0.25) is 5.91 Å². The van der Waals surface area contributed by atoms with E-state index in [1.165, 1.54) is 11.0 Å². The van der Waals surface area contributed by atoms with Crippen molar-refractivity contribution in [3.8, 4) is 0 Å². The predicted molar refractivity (Wildman–Crippen MR) is 60.5 cm³/mol. The quantitative estimate of drug-likeness (QED) is 0.725. The van der Waals surface area contributed by atoms with E-state index in [1.54, 1.807) is 18.0 Å². The highest BCUT2D eigenvalue weighted by atomic mass is 32.2. The highest BCUT2D eigenvalue weighted by Gasteiger charge is 2.23. The number of hydrogen-bond donors (Lipinski definition) is 1. The van der Waals surface area contributed by atoms with Crippen LogP contribution in [0.25, 0.3) is 0 Å². The molecule has 0 spiro atoms. The topological polar surface area (TPSA) is 52.9 Å². The summed E-state index contributed by atoms with van der Waals surface area (Å²) in [5.74, 6) is 1.35. The highest BCUT2D eigenvalue weighted by Crippen LogP contribution is 2.20. The zero-order chi connectivity index (χ0) is 10.7. The number of aliphatic hydroxyl groups is 1. The van der Waals surface area contributed by atoms with Crippen LogP contribution in [0, 0.1) is 5.92 Å². The summed E-state index contributed by atoms with van der Waals surface area (Å²) in [4.78, 5) is 13.0. The van der Waals surface area contributed by atoms with Crippen molar-refractivity contribution in [1.29, 1.82) is 0 Å². The maximum atomic E-state index is 11.4. The molecule has 2 aliphatic rings. The fraction of sp³-hybridized carbons (Fsp3) is 0.600. The van der Waals surface area contributed by atoms with Gasteiger partial charge in [-0.3, -0.25) is 4.79 Å². The summed E-state index contributed by atoms with van der Waals surface area (Å²) in [7, 11) is 0. The lowest BCUT2D eigenvalue weighted by atomic mass is 10.1. The third-order valence-electron chi connectivity index (χ3n) is 2.63. The van der Waals surface area contributed by atoms with Crippen molar-refractivity contribution in [2.45, 2.75) is 19.1 Å². The van der Waals surface area contributed by atoms with Gasteiger partial charge in [-0.1, -0.05) is 6.08 Å². The summed E-state index contributed by atoms with van der Waals surface area (Å²) in [5.41, 5.74) is 0. The van der Waals surface area contributed by atoms with Gasteiger partial charge in [0.15, 0.2) is 0 Å². The molecule has 0 aromatic carbocycles. The van der Waals surface area contributed by atoms with E-state index >= 15 is 0 Å². The van der Waals surface area contributed by atoms with Gasteiger partial charge in [0.25, 0.3) is 0 Å². The largest absolute Gasteiger partial charge is 0.373 e. The molecule has 0 fully saturated rings. The molecule has 0 aliphatic carbocycles. The average molecular weight is 226 g/mol. The van der Waals surface area contributed by atoms with E-state index in [0.717, 1.165) is 12.2 Å². The molecule has 0 radical (unpaired) electrons. The molecule has 0 bridgehead atoms. The minimum absolute atomic E-state index is 0.0867. The maximum absolute atomic E-state index is 11.4. The number of amides is 1. The molecule has 82 valence electrons. The second kappa shape index (κ2) is 4.81. The summed E-state index contributed by atoms with van der Waals surface area (Å²) in [5, 5.41) is 9.63. The van der Waals surface area contributed by atoms with Gasteiger partial charge in [-0.25, -0.2) is 4.40 Å². The molecular weight excluding hydrogens is 212 g/mol. The molecular formula is C10H14N2O2S. The SMILES string of the molecule is O=C1C=CCC(O)N1CCC1C=NSC1. The van der Waals surface area contributed by atoms with Crippen LogP contribution in [0.3, 0.4) is 0 Å². The van der Waals surface area contributed by atoms with Crippen LogP contribution in [0.1, 0.15) is 12.8 Å². The third kappa shape index (κ3) is 2.60. The van der Waals surface area contributed by atoms with E-state index in [4.69, 9.17) is 0 Å². The monoisotopic (exact) mass is 226 g/mol. The Morgan fingerprint density at radius 1 is 1.67 bits per heavy atom. The van der Waals surface area contributed by atoms with E-state index in [-0.39, 0.29) is 5.91 Å². The molecule has 2 unspecified atom stereocenters. The van der Waals surface area contributed by atoms with E-state index in [2.05, 4.69) is 4.40 Å². The Hall–Kier alpha value is -0.810. The molecule has 1 amide bonds. The van der Waals surface area contributed by atoms with Gasteiger partial charge in [-0.05, 0) is 24.4 Å². The maximum Gasteiger partial charge on any atom is 0.248 e. The second-order valence-corrected chi connectivity index (χ2v) is 4.55. The lowest BCUT2D eigenvalue weighted by Crippen LogP contribution is -2.42. The molecule has 0 aromatic heterocycles. The summed E-state index contributed by atoms with van der Waals surface area (Å²) in [6.45, 7) is 0.613. The molecule has 5 heteroatoms. The standard InChI is InChI=1S/C10H14N2O2S/c13-9-2-1-3-10(14)12(9)5-4-8-6-11-15-7-8/h1-2,6,8,10,14H,3-5,7H2. The summed E-state index contributed by atoms with van der Waals surface area (Å²) < 4.78 is 4.08. The van der Waals surface area contributed by atoms with Crippen LogP contribution in [0.2, 0.25) is 0 Å². The zero-order valence-electron chi connectivity index (χ0n) is 8.37. The van der Waals surface area contributed by atoms with Crippen LogP contribution < -0.4 is 0 Å². The Morgan fingerprint density at radius 2 is 2.53 bits per heavy atom. The van der Waals surface area contributed by atoms with Gasteiger partial charge in [-0.15, -0.1) is 0 Å². The molecule has 0 saturated heterocycles. The van der Waals surface area contributed by atoms with Crippen LogP contribution >= 0.6 is 11.9 Å². The van der Waals surface area contributed by atoms with Gasteiger partial charge in [-0.2, -0.15) is 0 Å². The van der Waals surface area contributed by atoms with Gasteiger partial charge < -0.3 is 10.0 Å². The van der Waals surface area contributed by atoms with Gasteiger partial charge >= 0.3 is 0 Å². The van der Waals surface area contributed by atoms with Crippen molar-refractivity contribution in [2.24, 2.45) is 10.3 Å². The zero-order valence-corrected chi connectivity index (χ0v) is 9.19. The fourth-order valence-corrected chi connectivity index (χ4v) is 2.48. The smallest absolute Gasteiger partial charge is 0.248 e. The van der Waals surface area contributed by atoms with Gasteiger partial charge in [0, 0.05) is 30.9 Å². The van der Waals surface area contributed by atoms with Gasteiger partial charge in [0.1, 0.15) is 6.23 Å². The highest BCUT2D eigenvalue weighted by molar-refractivity contribution is 7.98. The number of nitrogens with zero attached hydrogens (tertiary/aromatic N) is 2. The molecule has 0 saturated carbocycles. The first-order valence-corrected chi connectivity index (χ1v) is 6.02. The Morgan fingerprint density at radius 3 is 3.20 bits per heavy atom. The number of aliphatic hydroxyl groups excluding tert-OH is 1. The summed E-state index contributed by atoms with van der Waals surface area (Å²) in [6, 6.07) is 0. The van der Waals surface area contributed by atoms with Crippen molar-refractivity contribution in [2.75, 3.05) is 12.3 Å². The molecule has 15 heavy (non-hydrogen) atoms. The van der Waals surface area contributed by atoms with Crippen molar-refractivity contribution in [1.82, 2.24) is 4.90 Å². The van der Waals surface area contributed by atoms with Crippen LogP contribution in [0.4, 0.5) is 0 Å². The van der Waals surface area contributed by atoms with Crippen molar-refractivity contribution in [3.63, 3.8) is 0 Å². The third-order valence-corrected chi connectivity index (χ3v) is 3.47. The van der Waals surface area contributed by atoms with Crippen molar-refractivity contribution < 1.29 is 9.90 Å². The second-order valence-electron chi connectivity index (χ2n) is 3.75. The molecule has 4 nitrogen and oxygen atoms in total. The van der Waals surface area contributed by atoms with E-state index < -0.39 is 6.23 Å². The lowest BCUT2D eigenvalue weighted by Gasteiger charge is -2.29. The Labute approximate surface area is 93.2 Å². The number of carbonyl (C=O) groups excluding carboxylic acids is 1. The molecule has 2 atom stereocenters. The fourth-order valence-electron chi connectivity index (χ4n) is 1.69. The molecule has 2 rings (SSSR count). The van der Waals surface area contributed by atoms with E-state index in [0.29, 0.717) is 18.9 Å². The molecule has 0 aromatic rings. The molecule has 1 N–H and O–H groups in total. The predicted octanol–water partition coefficient (Wildman–Crippen LogP) is 0.832. The van der Waals surface area contributed by atoms with Crippen LogP contribution in [-0.2, 0) is 4.79 Å². The molecule has 2 aliphatic heterocycles. The summed E-state index contributed by atoms with van der Waals surface area (Å²) >= 11 is 1.56. The Kier molecular flexibility index (Phi) is 3.43. The minimum Gasteiger partial charge on any atom is -0.373 e. The average Bonchev–Trinajstić information content (AvgIpc) is 2.70. The number of rotatable bonds is 3. The first kappa shape index (κ1) is 10.7. The van der Waals surface area contributed by atoms with E-state index in [1.807, 2.05) is 6.21 Å². The van der Waals surface area contributed by atoms with E-state index in [9.17, 15) is 9.90 Å². The molecule has 2 heterocycles. The first-order chi connectivity index (χ1) is 7.27. The normalized spacial score (nSPS) is 30.2. The van der Waals surface area contributed by atoms with Crippen LogP contribution in [0.15, 0.2) is 16.5 Å².